The summed E-state index contributed by atoms with van der Waals surface area (Å²) in [4.78, 5) is 2.54. The van der Waals surface area contributed by atoms with Crippen LogP contribution >= 0.6 is 0 Å². The summed E-state index contributed by atoms with van der Waals surface area (Å²) >= 11 is 0. The van der Waals surface area contributed by atoms with E-state index < -0.39 is 0 Å². The number of nitrogens with zero attached hydrogens (tertiary/aromatic N) is 1. The summed E-state index contributed by atoms with van der Waals surface area (Å²) in [5, 5.41) is 3.65. The first-order chi connectivity index (χ1) is 10.2. The molecule has 21 heavy (non-hydrogen) atoms. The van der Waals surface area contributed by atoms with Gasteiger partial charge in [0.1, 0.15) is 0 Å². The summed E-state index contributed by atoms with van der Waals surface area (Å²) in [5.41, 5.74) is 0.400. The minimum absolute atomic E-state index is 0.400. The van der Waals surface area contributed by atoms with Crippen molar-refractivity contribution in [1.29, 1.82) is 0 Å². The Kier molecular flexibility index (Phi) is 7.44. The van der Waals surface area contributed by atoms with E-state index in [-0.39, 0.29) is 0 Å². The Morgan fingerprint density at radius 2 is 2.00 bits per heavy atom. The Morgan fingerprint density at radius 1 is 1.19 bits per heavy atom. The molecule has 1 N–H and O–H groups in total. The van der Waals surface area contributed by atoms with Crippen molar-refractivity contribution >= 4 is 0 Å². The largest absolute Gasteiger partial charge is 0.381 e. The summed E-state index contributed by atoms with van der Waals surface area (Å²) in [7, 11) is 2.28. The molecule has 2 heterocycles. The third-order valence-corrected chi connectivity index (χ3v) is 4.91. The second kappa shape index (κ2) is 9.09. The molecule has 0 aromatic rings. The van der Waals surface area contributed by atoms with Crippen LogP contribution in [0.15, 0.2) is 0 Å². The predicted octanol–water partition coefficient (Wildman–Crippen LogP) is 2.14. The number of rotatable bonds is 8. The highest BCUT2D eigenvalue weighted by Gasteiger charge is 2.33. The van der Waals surface area contributed by atoms with Gasteiger partial charge in [-0.3, -0.25) is 0 Å². The smallest absolute Gasteiger partial charge is 0.0506 e. The molecule has 2 fully saturated rings. The van der Waals surface area contributed by atoms with E-state index >= 15 is 0 Å². The number of hydrogen-bond acceptors (Lipinski definition) is 4. The van der Waals surface area contributed by atoms with Gasteiger partial charge >= 0.3 is 0 Å². The van der Waals surface area contributed by atoms with Crippen molar-refractivity contribution in [3.63, 3.8) is 0 Å². The zero-order valence-corrected chi connectivity index (χ0v) is 14.0. The van der Waals surface area contributed by atoms with Crippen molar-refractivity contribution in [3.05, 3.63) is 0 Å². The lowest BCUT2D eigenvalue weighted by molar-refractivity contribution is -0.00962. The maximum atomic E-state index is 5.62. The van der Waals surface area contributed by atoms with Crippen molar-refractivity contribution in [2.24, 2.45) is 11.3 Å². The molecule has 4 heteroatoms. The molecule has 0 spiro atoms. The second-order valence-electron chi connectivity index (χ2n) is 7.07. The van der Waals surface area contributed by atoms with Gasteiger partial charge < -0.3 is 19.7 Å². The van der Waals surface area contributed by atoms with E-state index in [1.165, 1.54) is 45.2 Å². The molecule has 0 radical (unpaired) electrons. The van der Waals surface area contributed by atoms with Gasteiger partial charge in [-0.25, -0.2) is 0 Å². The maximum absolute atomic E-state index is 5.62. The average Bonchev–Trinajstić information content (AvgIpc) is 2.49. The Balaban J connectivity index is 1.81. The van der Waals surface area contributed by atoms with E-state index in [0.717, 1.165) is 45.4 Å². The fraction of sp³-hybridized carbons (Fsp3) is 1.00. The lowest BCUT2D eigenvalue weighted by Gasteiger charge is -2.41. The normalized spacial score (nSPS) is 26.1. The SMILES string of the molecule is CCCNCC1(CN(C)CC2CCCOC2)CCOCC1. The lowest BCUT2D eigenvalue weighted by atomic mass is 9.79. The standard InChI is InChI=1S/C17H34N2O2/c1-3-8-18-14-17(6-10-20-11-7-17)15-19(2)12-16-5-4-9-21-13-16/h16,18H,3-15H2,1-2H3. The first-order valence-corrected chi connectivity index (χ1v) is 8.79. The predicted molar refractivity (Wildman–Crippen MR) is 86.7 cm³/mol. The zero-order valence-electron chi connectivity index (χ0n) is 14.0. The molecule has 0 aromatic carbocycles. The quantitative estimate of drug-likeness (QED) is 0.696. The molecule has 2 aliphatic rings. The van der Waals surface area contributed by atoms with Crippen LogP contribution < -0.4 is 5.32 Å². The van der Waals surface area contributed by atoms with E-state index in [0.29, 0.717) is 5.41 Å². The van der Waals surface area contributed by atoms with E-state index in [1.807, 2.05) is 0 Å². The second-order valence-corrected chi connectivity index (χ2v) is 7.07. The Labute approximate surface area is 130 Å². The van der Waals surface area contributed by atoms with Crippen LogP contribution in [0.1, 0.15) is 39.0 Å². The molecule has 0 aliphatic carbocycles. The summed E-state index contributed by atoms with van der Waals surface area (Å²) in [6.07, 6.45) is 6.15. The van der Waals surface area contributed by atoms with Gasteiger partial charge in [0, 0.05) is 39.5 Å². The lowest BCUT2D eigenvalue weighted by Crippen LogP contribution is -2.47. The van der Waals surface area contributed by atoms with Crippen LogP contribution in [0.4, 0.5) is 0 Å². The van der Waals surface area contributed by atoms with Crippen molar-refractivity contribution < 1.29 is 9.47 Å². The molecular formula is C17H34N2O2. The number of ether oxygens (including phenoxy) is 2. The van der Waals surface area contributed by atoms with Crippen molar-refractivity contribution in [2.75, 3.05) is 59.7 Å². The summed E-state index contributed by atoms with van der Waals surface area (Å²) in [6, 6.07) is 0. The fourth-order valence-electron chi connectivity index (χ4n) is 3.75. The van der Waals surface area contributed by atoms with Crippen LogP contribution in [-0.4, -0.2) is 64.6 Å². The molecule has 1 atom stereocenters. The third kappa shape index (κ3) is 5.85. The highest BCUT2D eigenvalue weighted by Crippen LogP contribution is 2.31. The van der Waals surface area contributed by atoms with Crippen LogP contribution in [0, 0.1) is 11.3 Å². The molecule has 124 valence electrons. The highest BCUT2D eigenvalue weighted by molar-refractivity contribution is 4.87. The fourth-order valence-corrected chi connectivity index (χ4v) is 3.75. The van der Waals surface area contributed by atoms with E-state index in [9.17, 15) is 0 Å². The van der Waals surface area contributed by atoms with Gasteiger partial charge in [-0.05, 0) is 57.0 Å². The molecule has 2 aliphatic heterocycles. The molecule has 2 rings (SSSR count). The first kappa shape index (κ1) is 17.2. The number of hydrogen-bond donors (Lipinski definition) is 1. The van der Waals surface area contributed by atoms with Crippen molar-refractivity contribution in [3.8, 4) is 0 Å². The van der Waals surface area contributed by atoms with E-state index in [1.54, 1.807) is 0 Å². The third-order valence-electron chi connectivity index (χ3n) is 4.91. The first-order valence-electron chi connectivity index (χ1n) is 8.79. The van der Waals surface area contributed by atoms with Gasteiger partial charge in [0.05, 0.1) is 6.61 Å². The molecule has 1 unspecified atom stereocenters. The van der Waals surface area contributed by atoms with E-state index in [4.69, 9.17) is 9.47 Å². The van der Waals surface area contributed by atoms with Gasteiger partial charge in [-0.15, -0.1) is 0 Å². The Hall–Kier alpha value is -0.160. The van der Waals surface area contributed by atoms with Gasteiger partial charge in [0.25, 0.3) is 0 Å². The zero-order chi connectivity index (χ0) is 15.0. The topological polar surface area (TPSA) is 33.7 Å². The van der Waals surface area contributed by atoms with Gasteiger partial charge in [-0.2, -0.15) is 0 Å². The van der Waals surface area contributed by atoms with Gasteiger partial charge in [-0.1, -0.05) is 6.92 Å². The Bertz CT molecular complexity index is 274. The molecule has 0 saturated carbocycles. The van der Waals surface area contributed by atoms with Crippen LogP contribution in [0.3, 0.4) is 0 Å². The van der Waals surface area contributed by atoms with Crippen LogP contribution in [0.2, 0.25) is 0 Å². The summed E-state index contributed by atoms with van der Waals surface area (Å²) in [5.74, 6) is 0.726. The van der Waals surface area contributed by atoms with Crippen molar-refractivity contribution in [1.82, 2.24) is 10.2 Å². The summed E-state index contributed by atoms with van der Waals surface area (Å²) < 4.78 is 11.2. The molecule has 0 amide bonds. The van der Waals surface area contributed by atoms with E-state index in [2.05, 4.69) is 24.2 Å². The van der Waals surface area contributed by atoms with Gasteiger partial charge in [0.15, 0.2) is 0 Å². The molecule has 4 nitrogen and oxygen atoms in total. The molecule has 2 saturated heterocycles. The molecule has 0 aromatic heterocycles. The molecule has 0 bridgehead atoms. The summed E-state index contributed by atoms with van der Waals surface area (Å²) in [6.45, 7) is 10.6. The average molecular weight is 298 g/mol. The molecular weight excluding hydrogens is 264 g/mol. The highest BCUT2D eigenvalue weighted by atomic mass is 16.5. The minimum atomic E-state index is 0.400. The number of nitrogens with one attached hydrogen (secondary N) is 1. The van der Waals surface area contributed by atoms with Gasteiger partial charge in [0.2, 0.25) is 0 Å². The Morgan fingerprint density at radius 3 is 2.67 bits per heavy atom. The monoisotopic (exact) mass is 298 g/mol. The van der Waals surface area contributed by atoms with Crippen LogP contribution in [0.25, 0.3) is 0 Å². The van der Waals surface area contributed by atoms with Crippen LogP contribution in [0.5, 0.6) is 0 Å². The van der Waals surface area contributed by atoms with Crippen LogP contribution in [-0.2, 0) is 9.47 Å². The van der Waals surface area contributed by atoms with Crippen molar-refractivity contribution in [2.45, 2.75) is 39.0 Å². The maximum Gasteiger partial charge on any atom is 0.0506 e. The minimum Gasteiger partial charge on any atom is -0.381 e.